The van der Waals surface area contributed by atoms with Crippen LogP contribution in [0.25, 0.3) is 10.2 Å². The highest BCUT2D eigenvalue weighted by Crippen LogP contribution is 2.23. The summed E-state index contributed by atoms with van der Waals surface area (Å²) in [5.74, 6) is 0.167. The number of nitro groups is 1. The van der Waals surface area contributed by atoms with Crippen LogP contribution in [0.2, 0.25) is 0 Å². The van der Waals surface area contributed by atoms with Gasteiger partial charge >= 0.3 is 0 Å². The number of carbonyl (C=O) groups excluding carboxylic acids is 1. The molecule has 7 nitrogen and oxygen atoms in total. The third-order valence-electron chi connectivity index (χ3n) is 3.76. The summed E-state index contributed by atoms with van der Waals surface area (Å²) in [4.78, 5) is 27.3. The minimum atomic E-state index is -0.450. The minimum Gasteiger partial charge on any atom is -0.484 e. The number of non-ortho nitro benzene ring substituents is 1. The van der Waals surface area contributed by atoms with E-state index in [1.54, 1.807) is 22.8 Å². The molecule has 3 rings (SSSR count). The van der Waals surface area contributed by atoms with E-state index in [1.165, 1.54) is 23.5 Å². The highest BCUT2D eigenvalue weighted by Gasteiger charge is 2.12. The summed E-state index contributed by atoms with van der Waals surface area (Å²) in [5, 5.41) is 11.0. The average Bonchev–Trinajstić information content (AvgIpc) is 2.97. The molecule has 0 aliphatic rings. The van der Waals surface area contributed by atoms with Crippen molar-refractivity contribution in [2.24, 2.45) is 4.99 Å². The Morgan fingerprint density at radius 1 is 1.37 bits per heavy atom. The number of nitro benzene ring substituents is 1. The first-order valence-electron chi connectivity index (χ1n) is 8.13. The number of hydrogen-bond acceptors (Lipinski definition) is 5. The lowest BCUT2D eigenvalue weighted by molar-refractivity contribution is -0.384. The van der Waals surface area contributed by atoms with Crippen molar-refractivity contribution in [1.29, 1.82) is 0 Å². The Kier molecular flexibility index (Phi) is 5.46. The van der Waals surface area contributed by atoms with Crippen LogP contribution in [-0.2, 0) is 11.3 Å². The fourth-order valence-electron chi connectivity index (χ4n) is 2.56. The van der Waals surface area contributed by atoms with Crippen molar-refractivity contribution in [3.63, 3.8) is 0 Å². The molecule has 1 aromatic heterocycles. The molecule has 0 saturated carbocycles. The van der Waals surface area contributed by atoms with E-state index < -0.39 is 10.8 Å². The van der Waals surface area contributed by atoms with Crippen LogP contribution in [0.1, 0.15) is 5.56 Å². The summed E-state index contributed by atoms with van der Waals surface area (Å²) in [6.07, 6.45) is 1.68. The summed E-state index contributed by atoms with van der Waals surface area (Å²) in [6, 6.07) is 12.0. The zero-order valence-electron chi connectivity index (χ0n) is 14.6. The molecule has 0 aliphatic carbocycles. The molecule has 1 amide bonds. The van der Waals surface area contributed by atoms with E-state index in [0.29, 0.717) is 21.8 Å². The van der Waals surface area contributed by atoms with Gasteiger partial charge in [-0.15, -0.1) is 6.58 Å². The van der Waals surface area contributed by atoms with E-state index in [4.69, 9.17) is 4.74 Å². The Hall–Kier alpha value is -3.26. The van der Waals surface area contributed by atoms with Gasteiger partial charge in [-0.1, -0.05) is 29.5 Å². The van der Waals surface area contributed by atoms with E-state index in [2.05, 4.69) is 11.6 Å². The van der Waals surface area contributed by atoms with Crippen LogP contribution >= 0.6 is 11.3 Å². The van der Waals surface area contributed by atoms with Gasteiger partial charge in [-0.25, -0.2) is 0 Å². The zero-order valence-corrected chi connectivity index (χ0v) is 15.4. The van der Waals surface area contributed by atoms with Gasteiger partial charge in [-0.05, 0) is 30.7 Å². The Morgan fingerprint density at radius 2 is 2.19 bits per heavy atom. The number of aryl methyl sites for hydroxylation is 1. The van der Waals surface area contributed by atoms with Gasteiger partial charge < -0.3 is 9.30 Å². The first kappa shape index (κ1) is 18.5. The Bertz CT molecular complexity index is 1100. The third kappa shape index (κ3) is 4.29. The smallest absolute Gasteiger partial charge is 0.286 e. The highest BCUT2D eigenvalue weighted by molar-refractivity contribution is 7.16. The van der Waals surface area contributed by atoms with E-state index in [9.17, 15) is 14.9 Å². The molecule has 0 unspecified atom stereocenters. The van der Waals surface area contributed by atoms with Gasteiger partial charge in [0.25, 0.3) is 11.6 Å². The van der Waals surface area contributed by atoms with Crippen molar-refractivity contribution in [3.8, 4) is 5.75 Å². The monoisotopic (exact) mass is 383 g/mol. The molecule has 3 aromatic rings. The maximum Gasteiger partial charge on any atom is 0.286 e. The van der Waals surface area contributed by atoms with Crippen LogP contribution in [0.15, 0.2) is 60.1 Å². The largest absolute Gasteiger partial charge is 0.484 e. The fraction of sp³-hybridized carbons (Fsp3) is 0.158. The normalized spacial score (nSPS) is 11.5. The predicted molar refractivity (Wildman–Crippen MR) is 104 cm³/mol. The maximum absolute atomic E-state index is 12.2. The van der Waals surface area contributed by atoms with Crippen molar-refractivity contribution in [1.82, 2.24) is 4.57 Å². The molecule has 138 valence electrons. The van der Waals surface area contributed by atoms with Crippen molar-refractivity contribution in [2.75, 3.05) is 6.61 Å². The lowest BCUT2D eigenvalue weighted by Gasteiger charge is -2.04. The molecule has 0 atom stereocenters. The quantitative estimate of drug-likeness (QED) is 0.370. The van der Waals surface area contributed by atoms with E-state index in [0.717, 1.165) is 11.1 Å². The van der Waals surface area contributed by atoms with E-state index in [-0.39, 0.29) is 12.3 Å². The molecule has 8 heteroatoms. The molecule has 0 aliphatic heterocycles. The van der Waals surface area contributed by atoms with Gasteiger partial charge in [0.2, 0.25) is 0 Å². The van der Waals surface area contributed by atoms with Gasteiger partial charge in [0.15, 0.2) is 11.4 Å². The summed E-state index contributed by atoms with van der Waals surface area (Å²) in [7, 11) is 0. The molecule has 0 radical (unpaired) electrons. The number of nitrogens with zero attached hydrogens (tertiary/aromatic N) is 3. The van der Waals surface area contributed by atoms with Crippen LogP contribution in [0, 0.1) is 17.0 Å². The molecule has 0 spiro atoms. The van der Waals surface area contributed by atoms with Crippen molar-refractivity contribution in [2.45, 2.75) is 13.5 Å². The van der Waals surface area contributed by atoms with Crippen molar-refractivity contribution < 1.29 is 14.5 Å². The number of amides is 1. The average molecular weight is 383 g/mol. The SMILES string of the molecule is C=CCn1c(=NC(=O)COc2cccc(C)c2)sc2cc([N+](=O)[O-])ccc21. The molecule has 0 bridgehead atoms. The number of thiazole rings is 1. The fourth-order valence-corrected chi connectivity index (χ4v) is 3.65. The van der Waals surface area contributed by atoms with E-state index in [1.807, 2.05) is 25.1 Å². The summed E-state index contributed by atoms with van der Waals surface area (Å²) >= 11 is 1.22. The molecule has 27 heavy (non-hydrogen) atoms. The lowest BCUT2D eigenvalue weighted by Crippen LogP contribution is -2.19. The number of benzene rings is 2. The van der Waals surface area contributed by atoms with Crippen LogP contribution in [0.5, 0.6) is 5.75 Å². The molecular formula is C19H17N3O4S. The summed E-state index contributed by atoms with van der Waals surface area (Å²) < 4.78 is 7.96. The molecular weight excluding hydrogens is 366 g/mol. The summed E-state index contributed by atoms with van der Waals surface area (Å²) in [5.41, 5.74) is 1.79. The van der Waals surface area contributed by atoms with Crippen LogP contribution < -0.4 is 9.54 Å². The van der Waals surface area contributed by atoms with Gasteiger partial charge in [-0.3, -0.25) is 14.9 Å². The number of rotatable bonds is 6. The van der Waals surface area contributed by atoms with Gasteiger partial charge in [-0.2, -0.15) is 4.99 Å². The predicted octanol–water partition coefficient (Wildman–Crippen LogP) is 3.61. The molecule has 0 saturated heterocycles. The second-order valence-electron chi connectivity index (χ2n) is 5.80. The number of allylic oxidation sites excluding steroid dienone is 1. The molecule has 0 N–H and O–H groups in total. The highest BCUT2D eigenvalue weighted by atomic mass is 32.1. The van der Waals surface area contributed by atoms with Gasteiger partial charge in [0.1, 0.15) is 5.75 Å². The third-order valence-corrected chi connectivity index (χ3v) is 4.80. The standard InChI is InChI=1S/C19H17N3O4S/c1-3-9-21-16-8-7-14(22(24)25)11-17(16)27-19(21)20-18(23)12-26-15-6-4-5-13(2)10-15/h3-8,10-11H,1,9,12H2,2H3. The number of carbonyl (C=O) groups is 1. The second kappa shape index (κ2) is 7.96. The van der Waals surface area contributed by atoms with Crippen molar-refractivity contribution >= 4 is 33.1 Å². The number of aromatic nitrogens is 1. The van der Waals surface area contributed by atoms with Crippen molar-refractivity contribution in [3.05, 3.63) is 75.6 Å². The maximum atomic E-state index is 12.2. The van der Waals surface area contributed by atoms with Crippen LogP contribution in [-0.4, -0.2) is 22.0 Å². The topological polar surface area (TPSA) is 86.7 Å². The molecule has 0 fully saturated rings. The summed E-state index contributed by atoms with van der Waals surface area (Å²) in [6.45, 7) is 5.90. The van der Waals surface area contributed by atoms with E-state index >= 15 is 0 Å². The minimum absolute atomic E-state index is 0.00448. The first-order chi connectivity index (χ1) is 13.0. The van der Waals surface area contributed by atoms with Gasteiger partial charge in [0, 0.05) is 18.7 Å². The number of ether oxygens (including phenoxy) is 1. The first-order valence-corrected chi connectivity index (χ1v) is 8.95. The zero-order chi connectivity index (χ0) is 19.4. The Labute approximate surface area is 159 Å². The van der Waals surface area contributed by atoms with Gasteiger partial charge in [0.05, 0.1) is 15.1 Å². The Morgan fingerprint density at radius 3 is 2.89 bits per heavy atom. The molecule has 1 heterocycles. The van der Waals surface area contributed by atoms with Crippen LogP contribution in [0.3, 0.4) is 0 Å². The van der Waals surface area contributed by atoms with Crippen LogP contribution in [0.4, 0.5) is 5.69 Å². The number of fused-ring (bicyclic) bond motifs is 1. The molecule has 2 aromatic carbocycles. The Balaban J connectivity index is 1.91. The second-order valence-corrected chi connectivity index (χ2v) is 6.81. The number of hydrogen-bond donors (Lipinski definition) is 0. The lowest BCUT2D eigenvalue weighted by atomic mass is 10.2.